The van der Waals surface area contributed by atoms with Gasteiger partial charge in [-0.25, -0.2) is 4.98 Å². The minimum Gasteiger partial charge on any atom is -0.383 e. The van der Waals surface area contributed by atoms with Crippen LogP contribution in [0, 0.1) is 17.4 Å². The number of para-hydroxylation sites is 1. The summed E-state index contributed by atoms with van der Waals surface area (Å²) < 4.78 is 0. The zero-order valence-corrected chi connectivity index (χ0v) is 14.8. The average Bonchev–Trinajstić information content (AvgIpc) is 3.35. The van der Waals surface area contributed by atoms with Gasteiger partial charge in [-0.05, 0) is 37.3 Å². The van der Waals surface area contributed by atoms with Crippen molar-refractivity contribution in [2.24, 2.45) is 10.9 Å². The number of aliphatic imine (C=N–C) groups is 1. The van der Waals surface area contributed by atoms with Crippen LogP contribution in [0.4, 0.5) is 5.69 Å². The Morgan fingerprint density at radius 2 is 2.15 bits per heavy atom. The molecule has 7 nitrogen and oxygen atoms in total. The Balaban J connectivity index is 1.41. The third-order valence-electron chi connectivity index (χ3n) is 4.70. The SMILES string of the molecule is N#CNC(=NC[C@H]1CC[C@H](c2cnc[nH]2)C1)NCCNc1ccccc1. The zero-order chi connectivity index (χ0) is 18.0. The van der Waals surface area contributed by atoms with Crippen molar-refractivity contribution in [2.75, 3.05) is 25.0 Å². The molecular weight excluding hydrogens is 326 g/mol. The fourth-order valence-corrected chi connectivity index (χ4v) is 3.37. The van der Waals surface area contributed by atoms with Crippen molar-refractivity contribution >= 4 is 11.6 Å². The van der Waals surface area contributed by atoms with Crippen molar-refractivity contribution in [3.05, 3.63) is 48.5 Å². The predicted molar refractivity (Wildman–Crippen MR) is 103 cm³/mol. The number of anilines is 1. The molecule has 4 N–H and O–H groups in total. The second kappa shape index (κ2) is 9.47. The Morgan fingerprint density at radius 3 is 2.92 bits per heavy atom. The van der Waals surface area contributed by atoms with E-state index in [1.807, 2.05) is 42.7 Å². The van der Waals surface area contributed by atoms with Gasteiger partial charge >= 0.3 is 0 Å². The molecule has 1 aromatic heterocycles. The zero-order valence-electron chi connectivity index (χ0n) is 14.8. The van der Waals surface area contributed by atoms with Gasteiger partial charge in [-0.1, -0.05) is 18.2 Å². The molecule has 1 saturated carbocycles. The van der Waals surface area contributed by atoms with E-state index in [1.54, 1.807) is 6.33 Å². The summed E-state index contributed by atoms with van der Waals surface area (Å²) in [5, 5.41) is 18.1. The molecule has 7 heteroatoms. The molecule has 26 heavy (non-hydrogen) atoms. The van der Waals surface area contributed by atoms with Crippen molar-refractivity contribution in [1.82, 2.24) is 20.6 Å². The van der Waals surface area contributed by atoms with E-state index in [1.165, 1.54) is 5.69 Å². The van der Waals surface area contributed by atoms with Gasteiger partial charge in [-0.3, -0.25) is 10.3 Å². The first-order valence-electron chi connectivity index (χ1n) is 9.05. The molecule has 2 aromatic rings. The molecule has 0 spiro atoms. The molecule has 0 bridgehead atoms. The molecule has 0 radical (unpaired) electrons. The molecule has 2 atom stereocenters. The maximum absolute atomic E-state index is 8.92. The number of imidazole rings is 1. The van der Waals surface area contributed by atoms with Crippen LogP contribution in [0.15, 0.2) is 47.8 Å². The number of H-pyrrole nitrogens is 1. The van der Waals surface area contributed by atoms with E-state index < -0.39 is 0 Å². The molecule has 0 unspecified atom stereocenters. The molecule has 1 fully saturated rings. The summed E-state index contributed by atoms with van der Waals surface area (Å²) in [7, 11) is 0. The first kappa shape index (κ1) is 17.8. The molecule has 1 heterocycles. The maximum Gasteiger partial charge on any atom is 0.204 e. The van der Waals surface area contributed by atoms with E-state index >= 15 is 0 Å². The lowest BCUT2D eigenvalue weighted by Crippen LogP contribution is -2.37. The van der Waals surface area contributed by atoms with Gasteiger partial charge in [0.1, 0.15) is 0 Å². The number of nitrogens with zero attached hydrogens (tertiary/aromatic N) is 3. The van der Waals surface area contributed by atoms with Crippen LogP contribution in [0.25, 0.3) is 0 Å². The number of hydrogen-bond acceptors (Lipinski definition) is 4. The summed E-state index contributed by atoms with van der Waals surface area (Å²) in [6.45, 7) is 2.17. The van der Waals surface area contributed by atoms with Crippen molar-refractivity contribution in [3.8, 4) is 6.19 Å². The molecule has 3 rings (SSSR count). The van der Waals surface area contributed by atoms with Crippen molar-refractivity contribution in [1.29, 1.82) is 5.26 Å². The molecule has 136 valence electrons. The Bertz CT molecular complexity index is 718. The average molecular weight is 351 g/mol. The smallest absolute Gasteiger partial charge is 0.204 e. The third-order valence-corrected chi connectivity index (χ3v) is 4.70. The largest absolute Gasteiger partial charge is 0.383 e. The fourth-order valence-electron chi connectivity index (χ4n) is 3.37. The van der Waals surface area contributed by atoms with E-state index in [2.05, 4.69) is 30.9 Å². The van der Waals surface area contributed by atoms with Gasteiger partial charge in [0.25, 0.3) is 0 Å². The Hall–Kier alpha value is -3.01. The first-order valence-corrected chi connectivity index (χ1v) is 9.05. The van der Waals surface area contributed by atoms with Crippen molar-refractivity contribution in [3.63, 3.8) is 0 Å². The van der Waals surface area contributed by atoms with Crippen molar-refractivity contribution < 1.29 is 0 Å². The normalized spacial score (nSPS) is 19.7. The van der Waals surface area contributed by atoms with Gasteiger partial charge in [0.15, 0.2) is 6.19 Å². The second-order valence-electron chi connectivity index (χ2n) is 6.53. The minimum absolute atomic E-state index is 0.544. The van der Waals surface area contributed by atoms with E-state index in [9.17, 15) is 0 Å². The summed E-state index contributed by atoms with van der Waals surface area (Å²) in [5.74, 6) is 1.64. The summed E-state index contributed by atoms with van der Waals surface area (Å²) in [6.07, 6.45) is 9.04. The van der Waals surface area contributed by atoms with Crippen LogP contribution in [-0.4, -0.2) is 35.6 Å². The van der Waals surface area contributed by atoms with Gasteiger partial charge in [0, 0.05) is 43.1 Å². The Kier molecular flexibility index (Phi) is 6.48. The molecular formula is C19H25N7. The molecule has 0 amide bonds. The van der Waals surface area contributed by atoms with Crippen LogP contribution < -0.4 is 16.0 Å². The molecule has 1 aliphatic carbocycles. The van der Waals surface area contributed by atoms with Gasteiger partial charge < -0.3 is 15.6 Å². The lowest BCUT2D eigenvalue weighted by Gasteiger charge is -2.12. The van der Waals surface area contributed by atoms with E-state index in [0.29, 0.717) is 24.3 Å². The number of aromatic amines is 1. The number of guanidine groups is 1. The highest BCUT2D eigenvalue weighted by Gasteiger charge is 2.26. The van der Waals surface area contributed by atoms with Crippen LogP contribution in [-0.2, 0) is 0 Å². The van der Waals surface area contributed by atoms with Crippen molar-refractivity contribution in [2.45, 2.75) is 25.2 Å². The summed E-state index contributed by atoms with van der Waals surface area (Å²) in [5.41, 5.74) is 2.30. The molecule has 0 aliphatic heterocycles. The second-order valence-corrected chi connectivity index (χ2v) is 6.53. The monoisotopic (exact) mass is 351 g/mol. The van der Waals surface area contributed by atoms with Crippen LogP contribution in [0.1, 0.15) is 30.9 Å². The summed E-state index contributed by atoms with van der Waals surface area (Å²) in [6, 6.07) is 10.0. The highest BCUT2D eigenvalue weighted by Crippen LogP contribution is 2.37. The van der Waals surface area contributed by atoms with Crippen LogP contribution in [0.5, 0.6) is 0 Å². The number of nitriles is 1. The lowest BCUT2D eigenvalue weighted by molar-refractivity contribution is 0.548. The van der Waals surface area contributed by atoms with Gasteiger partial charge in [0.2, 0.25) is 5.96 Å². The Labute approximate surface area is 153 Å². The first-order chi connectivity index (χ1) is 12.8. The predicted octanol–water partition coefficient (Wildman–Crippen LogP) is 2.42. The van der Waals surface area contributed by atoms with E-state index in [4.69, 9.17) is 5.26 Å². The summed E-state index contributed by atoms with van der Waals surface area (Å²) >= 11 is 0. The quantitative estimate of drug-likeness (QED) is 0.202. The molecule has 0 saturated heterocycles. The number of hydrogen-bond donors (Lipinski definition) is 4. The van der Waals surface area contributed by atoms with Crippen LogP contribution >= 0.6 is 0 Å². The van der Waals surface area contributed by atoms with Crippen LogP contribution in [0.2, 0.25) is 0 Å². The third kappa shape index (κ3) is 5.24. The number of rotatable bonds is 7. The topological polar surface area (TPSA) is 101 Å². The van der Waals surface area contributed by atoms with Crippen LogP contribution in [0.3, 0.4) is 0 Å². The van der Waals surface area contributed by atoms with E-state index in [-0.39, 0.29) is 0 Å². The molecule has 1 aromatic carbocycles. The van der Waals surface area contributed by atoms with Gasteiger partial charge in [-0.2, -0.15) is 5.26 Å². The number of nitrogens with one attached hydrogen (secondary N) is 4. The van der Waals surface area contributed by atoms with E-state index in [0.717, 1.165) is 38.0 Å². The Morgan fingerprint density at radius 1 is 1.27 bits per heavy atom. The lowest BCUT2D eigenvalue weighted by atomic mass is 10.0. The highest BCUT2D eigenvalue weighted by atomic mass is 15.2. The fraction of sp³-hybridized carbons (Fsp3) is 0.421. The standard InChI is InChI=1S/C19H25N7/c20-13-25-19(23-9-8-22-17-4-2-1-3-5-17)24-11-15-6-7-16(10-15)18-12-21-14-26-18/h1-5,12,14-16,22H,6-11H2,(H,21,26)(H2,23,24,25)/t15-,16-/m0/s1. The van der Waals surface area contributed by atoms with Gasteiger partial charge in [0.05, 0.1) is 6.33 Å². The number of aromatic nitrogens is 2. The number of benzene rings is 1. The highest BCUT2D eigenvalue weighted by molar-refractivity contribution is 5.81. The molecule has 1 aliphatic rings. The maximum atomic E-state index is 8.92. The summed E-state index contributed by atoms with van der Waals surface area (Å²) in [4.78, 5) is 11.9. The van der Waals surface area contributed by atoms with Gasteiger partial charge in [-0.15, -0.1) is 0 Å². The minimum atomic E-state index is 0.544.